The highest BCUT2D eigenvalue weighted by atomic mass is 35.5. The summed E-state index contributed by atoms with van der Waals surface area (Å²) in [5.41, 5.74) is 0.996. The first-order valence-electron chi connectivity index (χ1n) is 4.31. The number of hydrogen-bond acceptors (Lipinski definition) is 5. The molecule has 0 fully saturated rings. The fourth-order valence-corrected chi connectivity index (χ4v) is 1.22. The molecule has 0 saturated carbocycles. The number of nitrogens with zero attached hydrogens (tertiary/aromatic N) is 5. The Morgan fingerprint density at radius 1 is 1.60 bits per heavy atom. The van der Waals surface area contributed by atoms with E-state index in [1.807, 2.05) is 6.92 Å². The molecule has 0 atom stereocenters. The molecule has 78 valence electrons. The third kappa shape index (κ3) is 1.89. The van der Waals surface area contributed by atoms with E-state index in [2.05, 4.69) is 20.2 Å². The molecule has 0 aliphatic carbocycles. The Morgan fingerprint density at radius 2 is 2.47 bits per heavy atom. The lowest BCUT2D eigenvalue weighted by atomic mass is 10.5. The van der Waals surface area contributed by atoms with Crippen molar-refractivity contribution in [3.63, 3.8) is 0 Å². The predicted octanol–water partition coefficient (Wildman–Crippen LogP) is 1.47. The van der Waals surface area contributed by atoms with Crippen LogP contribution in [0.5, 0.6) is 0 Å². The normalized spacial score (nSPS) is 11.3. The van der Waals surface area contributed by atoms with Crippen LogP contribution < -0.4 is 0 Å². The number of aromatic nitrogens is 4. The lowest BCUT2D eigenvalue weighted by molar-refractivity contribution is 0.344. The van der Waals surface area contributed by atoms with Gasteiger partial charge in [-0.3, -0.25) is 4.40 Å². The van der Waals surface area contributed by atoms with Gasteiger partial charge in [-0.25, -0.2) is 9.98 Å². The second-order valence-electron chi connectivity index (χ2n) is 2.64. The van der Waals surface area contributed by atoms with Crippen LogP contribution in [-0.2, 0) is 4.74 Å². The predicted molar refractivity (Wildman–Crippen MR) is 55.6 cm³/mol. The van der Waals surface area contributed by atoms with Crippen molar-refractivity contribution in [3.05, 3.63) is 17.8 Å². The maximum Gasteiger partial charge on any atom is 0.191 e. The van der Waals surface area contributed by atoms with Crippen LogP contribution in [0.3, 0.4) is 0 Å². The molecule has 0 bridgehead atoms. The van der Waals surface area contributed by atoms with Gasteiger partial charge in [0.2, 0.25) is 0 Å². The average molecular weight is 226 g/mol. The zero-order valence-corrected chi connectivity index (χ0v) is 8.72. The van der Waals surface area contributed by atoms with Crippen LogP contribution in [0.4, 0.5) is 5.69 Å². The summed E-state index contributed by atoms with van der Waals surface area (Å²) in [5, 5.41) is 7.88. The highest BCUT2D eigenvalue weighted by Gasteiger charge is 2.07. The fourth-order valence-electron chi connectivity index (χ4n) is 1.04. The molecule has 2 heterocycles. The Labute approximate surface area is 90.6 Å². The average Bonchev–Trinajstić information content (AvgIpc) is 2.69. The summed E-state index contributed by atoms with van der Waals surface area (Å²) in [6.45, 7) is 2.41. The molecule has 0 aliphatic heterocycles. The monoisotopic (exact) mass is 225 g/mol. The summed E-state index contributed by atoms with van der Waals surface area (Å²) in [4.78, 5) is 7.97. The van der Waals surface area contributed by atoms with E-state index in [0.717, 1.165) is 0 Å². The van der Waals surface area contributed by atoms with Crippen molar-refractivity contribution in [3.8, 4) is 0 Å². The molecular weight excluding hydrogens is 218 g/mol. The van der Waals surface area contributed by atoms with E-state index in [-0.39, 0.29) is 5.15 Å². The summed E-state index contributed by atoms with van der Waals surface area (Å²) in [6.07, 6.45) is 4.37. The number of hydrogen-bond donors (Lipinski definition) is 0. The van der Waals surface area contributed by atoms with Gasteiger partial charge in [-0.1, -0.05) is 11.6 Å². The molecule has 0 radical (unpaired) electrons. The van der Waals surface area contributed by atoms with Gasteiger partial charge in [-0.2, -0.15) is 0 Å². The van der Waals surface area contributed by atoms with Gasteiger partial charge in [0.1, 0.15) is 18.3 Å². The Bertz CT molecular complexity index is 495. The van der Waals surface area contributed by atoms with Gasteiger partial charge in [0.05, 0.1) is 6.61 Å². The van der Waals surface area contributed by atoms with Crippen molar-refractivity contribution in [2.75, 3.05) is 6.61 Å². The van der Waals surface area contributed by atoms with E-state index in [9.17, 15) is 0 Å². The Kier molecular flexibility index (Phi) is 2.77. The second-order valence-corrected chi connectivity index (χ2v) is 2.99. The molecule has 7 heteroatoms. The first-order chi connectivity index (χ1) is 7.33. The highest BCUT2D eigenvalue weighted by molar-refractivity contribution is 6.32. The van der Waals surface area contributed by atoms with Crippen LogP contribution in [-0.4, -0.2) is 32.6 Å². The Hall–Kier alpha value is -1.69. The van der Waals surface area contributed by atoms with E-state index in [1.54, 1.807) is 4.40 Å². The lowest BCUT2D eigenvalue weighted by Crippen LogP contribution is -1.89. The molecule has 0 amide bonds. The number of fused-ring (bicyclic) bond motifs is 1. The minimum atomic E-state index is 0.270. The first kappa shape index (κ1) is 9.85. The van der Waals surface area contributed by atoms with Gasteiger partial charge >= 0.3 is 0 Å². The van der Waals surface area contributed by atoms with Crippen molar-refractivity contribution in [1.82, 2.24) is 19.6 Å². The second kappa shape index (κ2) is 4.22. The maximum atomic E-state index is 5.88. The van der Waals surface area contributed by atoms with Crippen LogP contribution in [0, 0.1) is 0 Å². The zero-order valence-electron chi connectivity index (χ0n) is 7.96. The van der Waals surface area contributed by atoms with E-state index >= 15 is 0 Å². The molecule has 2 aromatic heterocycles. The van der Waals surface area contributed by atoms with Crippen LogP contribution in [0.15, 0.2) is 17.6 Å². The smallest absolute Gasteiger partial charge is 0.191 e. The molecule has 2 aromatic rings. The Balaban J connectivity index is 2.47. The number of ether oxygens (including phenoxy) is 1. The van der Waals surface area contributed by atoms with Crippen LogP contribution in [0.25, 0.3) is 5.65 Å². The molecule has 0 spiro atoms. The summed E-state index contributed by atoms with van der Waals surface area (Å²) in [7, 11) is 0. The van der Waals surface area contributed by atoms with Crippen LogP contribution in [0.2, 0.25) is 5.15 Å². The van der Waals surface area contributed by atoms with E-state index in [0.29, 0.717) is 17.9 Å². The van der Waals surface area contributed by atoms with Gasteiger partial charge in [0.25, 0.3) is 0 Å². The van der Waals surface area contributed by atoms with Crippen molar-refractivity contribution in [1.29, 1.82) is 0 Å². The largest absolute Gasteiger partial charge is 0.483 e. The third-order valence-electron chi connectivity index (χ3n) is 1.70. The molecule has 0 aliphatic rings. The molecule has 0 N–H and O–H groups in total. The van der Waals surface area contributed by atoms with Gasteiger partial charge in [-0.15, -0.1) is 10.2 Å². The summed E-state index contributed by atoms with van der Waals surface area (Å²) >= 11 is 5.88. The number of rotatable bonds is 3. The van der Waals surface area contributed by atoms with Gasteiger partial charge < -0.3 is 4.74 Å². The lowest BCUT2D eigenvalue weighted by Gasteiger charge is -1.98. The highest BCUT2D eigenvalue weighted by Crippen LogP contribution is 2.25. The molecular formula is C8H8ClN5O. The number of halogens is 1. The Morgan fingerprint density at radius 3 is 3.27 bits per heavy atom. The topological polar surface area (TPSA) is 64.7 Å². The van der Waals surface area contributed by atoms with Gasteiger partial charge in [0, 0.05) is 0 Å². The standard InChI is InChI=1S/C8H8ClN5O/c1-2-15-5-11-6-7(9)10-3-14-4-12-13-8(6)14/h3-5H,2H2,1H3. The van der Waals surface area contributed by atoms with Gasteiger partial charge in [0.15, 0.2) is 17.2 Å². The zero-order chi connectivity index (χ0) is 10.7. The van der Waals surface area contributed by atoms with E-state index in [1.165, 1.54) is 19.1 Å². The van der Waals surface area contributed by atoms with E-state index < -0.39 is 0 Å². The molecule has 2 rings (SSSR count). The van der Waals surface area contributed by atoms with Gasteiger partial charge in [-0.05, 0) is 6.92 Å². The van der Waals surface area contributed by atoms with Crippen molar-refractivity contribution in [2.45, 2.75) is 6.92 Å². The summed E-state index contributed by atoms with van der Waals surface area (Å²) < 4.78 is 6.61. The molecule has 6 nitrogen and oxygen atoms in total. The fraction of sp³-hybridized carbons (Fsp3) is 0.250. The van der Waals surface area contributed by atoms with Crippen molar-refractivity contribution in [2.24, 2.45) is 4.99 Å². The summed E-state index contributed by atoms with van der Waals surface area (Å²) in [5.74, 6) is 0. The molecule has 0 saturated heterocycles. The third-order valence-corrected chi connectivity index (χ3v) is 1.98. The van der Waals surface area contributed by atoms with E-state index in [4.69, 9.17) is 16.3 Å². The maximum absolute atomic E-state index is 5.88. The molecule has 15 heavy (non-hydrogen) atoms. The quantitative estimate of drug-likeness (QED) is 0.451. The minimum Gasteiger partial charge on any atom is -0.483 e. The van der Waals surface area contributed by atoms with Crippen molar-refractivity contribution >= 4 is 29.3 Å². The SMILES string of the molecule is CCOC=Nc1c(Cl)ncn2cnnc12. The van der Waals surface area contributed by atoms with Crippen LogP contribution in [0.1, 0.15) is 6.92 Å². The van der Waals surface area contributed by atoms with Crippen molar-refractivity contribution < 1.29 is 4.74 Å². The molecule has 0 unspecified atom stereocenters. The minimum absolute atomic E-state index is 0.270. The first-order valence-corrected chi connectivity index (χ1v) is 4.68. The number of aliphatic imine (C=N–C) groups is 1. The molecule has 0 aromatic carbocycles. The summed E-state index contributed by atoms with van der Waals surface area (Å²) in [6, 6.07) is 0. The van der Waals surface area contributed by atoms with Crippen LogP contribution >= 0.6 is 11.6 Å².